The Kier molecular flexibility index (Phi) is 3.75. The summed E-state index contributed by atoms with van der Waals surface area (Å²) in [6, 6.07) is 2.68. The van der Waals surface area contributed by atoms with E-state index in [9.17, 15) is 23.7 Å². The number of benzene rings is 1. The van der Waals surface area contributed by atoms with Crippen molar-refractivity contribution in [2.24, 2.45) is 0 Å². The predicted molar refractivity (Wildman–Crippen MR) is 64.6 cm³/mol. The zero-order valence-corrected chi connectivity index (χ0v) is 10.5. The largest absolute Gasteiger partial charge is 0.408 e. The van der Waals surface area contributed by atoms with E-state index in [2.05, 4.69) is 5.10 Å². The Morgan fingerprint density at radius 1 is 1.40 bits per heavy atom. The summed E-state index contributed by atoms with van der Waals surface area (Å²) in [7, 11) is 0. The highest BCUT2D eigenvalue weighted by atomic mass is 35.5. The van der Waals surface area contributed by atoms with Crippen molar-refractivity contribution < 1.29 is 18.5 Å². The SMILES string of the molecule is O=C(Cn1cc(Cl)c([N+](=O)[O-])n1)c1ccc(F)c(F)c1. The zero-order chi connectivity index (χ0) is 14.9. The summed E-state index contributed by atoms with van der Waals surface area (Å²) < 4.78 is 26.7. The van der Waals surface area contributed by atoms with Gasteiger partial charge in [-0.3, -0.25) is 4.79 Å². The fourth-order valence-electron chi connectivity index (χ4n) is 1.50. The van der Waals surface area contributed by atoms with Crippen LogP contribution in [0.5, 0.6) is 0 Å². The smallest absolute Gasteiger partial charge is 0.358 e. The first-order valence-electron chi connectivity index (χ1n) is 5.24. The first kappa shape index (κ1) is 14.1. The van der Waals surface area contributed by atoms with E-state index in [-0.39, 0.29) is 17.1 Å². The van der Waals surface area contributed by atoms with Crippen LogP contribution < -0.4 is 0 Å². The molecule has 0 bridgehead atoms. The van der Waals surface area contributed by atoms with E-state index in [1.54, 1.807) is 0 Å². The van der Waals surface area contributed by atoms with Crippen molar-refractivity contribution >= 4 is 23.2 Å². The Hall–Kier alpha value is -2.35. The third-order valence-electron chi connectivity index (χ3n) is 2.42. The maximum Gasteiger partial charge on any atom is 0.408 e. The molecule has 20 heavy (non-hydrogen) atoms. The molecule has 0 atom stereocenters. The maximum absolute atomic E-state index is 13.0. The Balaban J connectivity index is 2.21. The number of nitro groups is 1. The van der Waals surface area contributed by atoms with Gasteiger partial charge in [-0.2, -0.15) is 4.68 Å². The Bertz CT molecular complexity index is 702. The minimum absolute atomic E-state index is 0.0711. The molecule has 1 aromatic carbocycles. The van der Waals surface area contributed by atoms with Crippen molar-refractivity contribution in [1.29, 1.82) is 0 Å². The summed E-state index contributed by atoms with van der Waals surface area (Å²) in [6.07, 6.45) is 1.11. The monoisotopic (exact) mass is 301 g/mol. The van der Waals surface area contributed by atoms with Crippen LogP contribution in [0.3, 0.4) is 0 Å². The fourth-order valence-corrected chi connectivity index (χ4v) is 1.72. The minimum atomic E-state index is -1.15. The van der Waals surface area contributed by atoms with Gasteiger partial charge >= 0.3 is 5.82 Å². The van der Waals surface area contributed by atoms with E-state index >= 15 is 0 Å². The van der Waals surface area contributed by atoms with Crippen molar-refractivity contribution in [1.82, 2.24) is 9.78 Å². The quantitative estimate of drug-likeness (QED) is 0.494. The molecule has 0 N–H and O–H groups in total. The lowest BCUT2D eigenvalue weighted by Gasteiger charge is -2.00. The molecule has 0 saturated heterocycles. The lowest BCUT2D eigenvalue weighted by Crippen LogP contribution is -2.11. The van der Waals surface area contributed by atoms with Crippen molar-refractivity contribution in [3.63, 3.8) is 0 Å². The summed E-state index contributed by atoms with van der Waals surface area (Å²) in [5, 5.41) is 13.8. The number of ketones is 1. The lowest BCUT2D eigenvalue weighted by atomic mass is 10.1. The summed E-state index contributed by atoms with van der Waals surface area (Å²) >= 11 is 5.57. The second-order valence-electron chi connectivity index (χ2n) is 3.81. The first-order valence-corrected chi connectivity index (χ1v) is 5.62. The van der Waals surface area contributed by atoms with Gasteiger partial charge in [0, 0.05) is 5.56 Å². The van der Waals surface area contributed by atoms with Gasteiger partial charge in [-0.1, -0.05) is 11.6 Å². The number of carbonyl (C=O) groups is 1. The van der Waals surface area contributed by atoms with E-state index in [0.29, 0.717) is 0 Å². The van der Waals surface area contributed by atoms with Crippen molar-refractivity contribution in [2.75, 3.05) is 0 Å². The molecule has 0 radical (unpaired) electrons. The summed E-state index contributed by atoms with van der Waals surface area (Å²) in [5.41, 5.74) is -0.0711. The van der Waals surface area contributed by atoms with Crippen molar-refractivity contribution in [2.45, 2.75) is 6.54 Å². The summed E-state index contributed by atoms with van der Waals surface area (Å²) in [5.74, 6) is -3.39. The molecule has 0 aliphatic heterocycles. The first-order chi connectivity index (χ1) is 9.38. The number of hydrogen-bond donors (Lipinski definition) is 0. The number of nitrogens with zero attached hydrogens (tertiary/aromatic N) is 3. The van der Waals surface area contributed by atoms with Crippen molar-refractivity contribution in [3.05, 3.63) is 56.7 Å². The number of Topliss-reactive ketones (excluding diaryl/α,β-unsaturated/α-hetero) is 1. The van der Waals surface area contributed by atoms with Gasteiger partial charge in [0.15, 0.2) is 22.4 Å². The number of halogens is 3. The van der Waals surface area contributed by atoms with Crippen molar-refractivity contribution in [3.8, 4) is 0 Å². The molecule has 104 valence electrons. The second-order valence-corrected chi connectivity index (χ2v) is 4.21. The van der Waals surface area contributed by atoms with E-state index in [1.165, 1.54) is 0 Å². The molecule has 0 spiro atoms. The van der Waals surface area contributed by atoms with Gasteiger partial charge in [-0.05, 0) is 23.1 Å². The number of hydrogen-bond acceptors (Lipinski definition) is 4. The van der Waals surface area contributed by atoms with Crippen LogP contribution in [0, 0.1) is 21.7 Å². The van der Waals surface area contributed by atoms with E-state index in [1.807, 2.05) is 0 Å². The van der Waals surface area contributed by atoms with Crippen LogP contribution in [0.1, 0.15) is 10.4 Å². The Morgan fingerprint density at radius 3 is 2.65 bits per heavy atom. The van der Waals surface area contributed by atoms with Gasteiger partial charge in [-0.15, -0.1) is 0 Å². The van der Waals surface area contributed by atoms with E-state index in [0.717, 1.165) is 29.1 Å². The molecule has 0 unspecified atom stereocenters. The number of aromatic nitrogens is 2. The van der Waals surface area contributed by atoms with Crippen LogP contribution in [-0.4, -0.2) is 20.5 Å². The normalized spacial score (nSPS) is 10.6. The summed E-state index contributed by atoms with van der Waals surface area (Å²) in [6.45, 7) is -0.376. The average molecular weight is 302 g/mol. The van der Waals surface area contributed by atoms with Crippen LogP contribution in [0.2, 0.25) is 5.02 Å². The molecule has 2 rings (SSSR count). The molecular weight excluding hydrogens is 296 g/mol. The molecule has 1 aromatic heterocycles. The van der Waals surface area contributed by atoms with Crippen LogP contribution in [0.25, 0.3) is 0 Å². The van der Waals surface area contributed by atoms with E-state index in [4.69, 9.17) is 11.6 Å². The minimum Gasteiger partial charge on any atom is -0.358 e. The van der Waals surface area contributed by atoms with Gasteiger partial charge in [0.2, 0.25) is 0 Å². The van der Waals surface area contributed by atoms with Crippen LogP contribution in [0.4, 0.5) is 14.6 Å². The van der Waals surface area contributed by atoms with Gasteiger partial charge in [0.05, 0.1) is 11.3 Å². The van der Waals surface area contributed by atoms with Crippen LogP contribution >= 0.6 is 11.6 Å². The highest BCUT2D eigenvalue weighted by Gasteiger charge is 2.21. The highest BCUT2D eigenvalue weighted by Crippen LogP contribution is 2.21. The molecule has 0 aliphatic carbocycles. The van der Waals surface area contributed by atoms with Gasteiger partial charge < -0.3 is 10.1 Å². The molecule has 0 amide bonds. The van der Waals surface area contributed by atoms with Gasteiger partial charge in [-0.25, -0.2) is 8.78 Å². The lowest BCUT2D eigenvalue weighted by molar-refractivity contribution is -0.389. The molecule has 6 nitrogen and oxygen atoms in total. The standard InChI is InChI=1S/C11H6ClF2N3O3/c12-7-4-16(15-11(7)17(19)20)5-10(18)6-1-2-8(13)9(14)3-6/h1-4H,5H2. The van der Waals surface area contributed by atoms with Crippen LogP contribution in [-0.2, 0) is 6.54 Å². The Labute approximate surface area is 115 Å². The predicted octanol–water partition coefficient (Wildman–Crippen LogP) is 2.61. The van der Waals surface area contributed by atoms with Gasteiger partial charge in [0.1, 0.15) is 6.54 Å². The molecule has 0 fully saturated rings. The third-order valence-corrected chi connectivity index (χ3v) is 2.69. The van der Waals surface area contributed by atoms with Gasteiger partial charge in [0.25, 0.3) is 0 Å². The topological polar surface area (TPSA) is 78.0 Å². The molecule has 1 heterocycles. The third kappa shape index (κ3) is 2.80. The average Bonchev–Trinajstić information content (AvgIpc) is 2.73. The molecule has 2 aromatic rings. The maximum atomic E-state index is 13.0. The summed E-state index contributed by atoms with van der Waals surface area (Å²) in [4.78, 5) is 21.6. The molecule has 9 heteroatoms. The fraction of sp³-hybridized carbons (Fsp3) is 0.0909. The second kappa shape index (κ2) is 5.33. The molecular formula is C11H6ClF2N3O3. The van der Waals surface area contributed by atoms with Crippen LogP contribution in [0.15, 0.2) is 24.4 Å². The number of carbonyl (C=O) groups excluding carboxylic acids is 1. The van der Waals surface area contributed by atoms with E-state index < -0.39 is 28.2 Å². The number of rotatable bonds is 4. The Morgan fingerprint density at radius 2 is 2.10 bits per heavy atom. The highest BCUT2D eigenvalue weighted by molar-refractivity contribution is 6.32. The molecule has 0 saturated carbocycles. The molecule has 0 aliphatic rings. The zero-order valence-electron chi connectivity index (χ0n) is 9.72.